The second kappa shape index (κ2) is 8.91. The maximum atomic E-state index is 9.89. The van der Waals surface area contributed by atoms with Gasteiger partial charge in [-0.3, -0.25) is 0 Å². The van der Waals surface area contributed by atoms with Gasteiger partial charge in [0.25, 0.3) is 0 Å². The molecule has 0 saturated heterocycles. The second-order valence-electron chi connectivity index (χ2n) is 6.53. The first kappa shape index (κ1) is 21.7. The van der Waals surface area contributed by atoms with Crippen LogP contribution in [0.3, 0.4) is 0 Å². The molecule has 0 aliphatic carbocycles. The van der Waals surface area contributed by atoms with Crippen LogP contribution in [0.5, 0.6) is 5.75 Å². The number of halogens is 3. The van der Waals surface area contributed by atoms with Crippen molar-refractivity contribution >= 4 is 58.3 Å². The number of para-hydroxylation sites is 1. The van der Waals surface area contributed by atoms with Crippen molar-refractivity contribution in [3.63, 3.8) is 0 Å². The zero-order valence-electron chi connectivity index (χ0n) is 16.0. The Morgan fingerprint density at radius 2 is 1.26 bits per heavy atom. The summed E-state index contributed by atoms with van der Waals surface area (Å²) in [6, 6.07) is 30.3. The Morgan fingerprint density at radius 3 is 1.71 bits per heavy atom. The summed E-state index contributed by atoms with van der Waals surface area (Å²) in [5.74, 6) is 0.588. The molecule has 0 radical (unpaired) electrons. The number of hydrogen-bond acceptors (Lipinski definition) is 4. The summed E-state index contributed by atoms with van der Waals surface area (Å²) in [5.41, 5.74) is 0.00770. The number of nitriles is 1. The van der Waals surface area contributed by atoms with Gasteiger partial charge in [-0.2, -0.15) is 10.0 Å². The predicted molar refractivity (Wildman–Crippen MR) is 129 cm³/mol. The minimum atomic E-state index is -2.87. The molecule has 4 nitrogen and oxygen atoms in total. The Hall–Kier alpha value is -2.54. The lowest BCUT2D eigenvalue weighted by Gasteiger charge is -2.29. The summed E-state index contributed by atoms with van der Waals surface area (Å²) in [5, 5.41) is 11.6. The van der Waals surface area contributed by atoms with E-state index < -0.39 is 11.0 Å². The molecule has 4 rings (SSSR count). The minimum absolute atomic E-state index is 0.00802. The Bertz CT molecular complexity index is 1200. The quantitative estimate of drug-likeness (QED) is 0.317. The smallest absolute Gasteiger partial charge is 0.240 e. The number of benzene rings is 3. The molecular weight excluding hydrogens is 472 g/mol. The molecule has 3 aromatic rings. The second-order valence-corrected chi connectivity index (χ2v) is 11.4. The van der Waals surface area contributed by atoms with Gasteiger partial charge in [0, 0.05) is 10.6 Å². The van der Waals surface area contributed by atoms with Crippen molar-refractivity contribution in [1.82, 2.24) is 0 Å². The minimum Gasteiger partial charge on any atom is -0.438 e. The van der Waals surface area contributed by atoms with Crippen molar-refractivity contribution in [1.29, 1.82) is 5.26 Å². The summed E-state index contributed by atoms with van der Waals surface area (Å²) in [6.45, 7) is 0. The van der Waals surface area contributed by atoms with E-state index in [9.17, 15) is 5.26 Å². The molecule has 0 aromatic heterocycles. The van der Waals surface area contributed by atoms with Crippen LogP contribution < -0.4 is 15.3 Å². The maximum absolute atomic E-state index is 9.89. The molecule has 0 fully saturated rings. The Labute approximate surface area is 195 Å². The fraction of sp³-hybridized carbons (Fsp3) is 0.0435. The van der Waals surface area contributed by atoms with E-state index in [1.807, 2.05) is 78.9 Å². The van der Waals surface area contributed by atoms with E-state index in [1.165, 1.54) is 0 Å². The van der Waals surface area contributed by atoms with Gasteiger partial charge in [0.15, 0.2) is 0 Å². The summed E-state index contributed by atoms with van der Waals surface area (Å²) in [4.78, 5) is 0. The standard InChI is InChI=1S/C23H15Cl3N3OP/c24-23(25,26)21-20(16-27)22(30-17-10-4-1-5-11-17)29-31(28-21,18-12-6-2-7-13-18)19-14-8-3-9-15-19/h1-15H. The highest BCUT2D eigenvalue weighted by molar-refractivity contribution is 7.80. The number of nitrogens with zero attached hydrogens (tertiary/aromatic N) is 3. The lowest BCUT2D eigenvalue weighted by atomic mass is 10.2. The number of hydrogen-bond donors (Lipinski definition) is 0. The molecule has 1 heterocycles. The number of alkyl halides is 3. The van der Waals surface area contributed by atoms with Crippen LogP contribution in [0.15, 0.2) is 112 Å². The van der Waals surface area contributed by atoms with Gasteiger partial charge in [0.2, 0.25) is 9.68 Å². The van der Waals surface area contributed by atoms with Crippen molar-refractivity contribution in [2.45, 2.75) is 3.79 Å². The van der Waals surface area contributed by atoms with E-state index in [0.29, 0.717) is 5.75 Å². The summed E-state index contributed by atoms with van der Waals surface area (Å²) >= 11 is 18.9. The highest BCUT2D eigenvalue weighted by Gasteiger charge is 2.40. The van der Waals surface area contributed by atoms with Gasteiger partial charge < -0.3 is 4.74 Å². The van der Waals surface area contributed by atoms with Gasteiger partial charge in [-0.05, 0) is 12.1 Å². The molecular formula is C23H15Cl3N3OP. The topological polar surface area (TPSA) is 57.7 Å². The Morgan fingerprint density at radius 1 is 0.774 bits per heavy atom. The molecule has 0 spiro atoms. The van der Waals surface area contributed by atoms with Gasteiger partial charge in [0.05, 0.1) is 0 Å². The van der Waals surface area contributed by atoms with Crippen LogP contribution in [0.1, 0.15) is 0 Å². The van der Waals surface area contributed by atoms with Crippen LogP contribution in [-0.4, -0.2) is 9.50 Å². The van der Waals surface area contributed by atoms with Crippen LogP contribution in [-0.2, 0) is 0 Å². The molecule has 1 aliphatic heterocycles. The van der Waals surface area contributed by atoms with Crippen molar-refractivity contribution in [3.05, 3.63) is 102 Å². The number of ether oxygens (including phenoxy) is 1. The van der Waals surface area contributed by atoms with E-state index in [0.717, 1.165) is 10.6 Å². The SMILES string of the molecule is N#CC1=C(Oc2ccccc2)N=P(c2ccccc2)(c2ccccc2)N=C1C(Cl)(Cl)Cl. The van der Waals surface area contributed by atoms with E-state index in [4.69, 9.17) is 49.0 Å². The van der Waals surface area contributed by atoms with Crippen LogP contribution in [0.25, 0.3) is 0 Å². The highest BCUT2D eigenvalue weighted by atomic mass is 35.6. The average Bonchev–Trinajstić information content (AvgIpc) is 2.80. The van der Waals surface area contributed by atoms with Gasteiger partial charge in [-0.25, -0.2) is 4.76 Å². The van der Waals surface area contributed by atoms with E-state index in [2.05, 4.69) is 6.07 Å². The van der Waals surface area contributed by atoms with E-state index in [1.54, 1.807) is 12.1 Å². The van der Waals surface area contributed by atoms with E-state index in [-0.39, 0.29) is 17.2 Å². The zero-order chi connectivity index (χ0) is 21.9. The van der Waals surface area contributed by atoms with Crippen molar-refractivity contribution < 1.29 is 4.74 Å². The Kier molecular flexibility index (Phi) is 6.23. The first-order valence-corrected chi connectivity index (χ1v) is 12.1. The third kappa shape index (κ3) is 4.42. The van der Waals surface area contributed by atoms with Crippen molar-refractivity contribution in [2.24, 2.45) is 9.51 Å². The predicted octanol–water partition coefficient (Wildman–Crippen LogP) is 6.39. The normalized spacial score (nSPS) is 15.5. The average molecular weight is 487 g/mol. The molecule has 31 heavy (non-hydrogen) atoms. The zero-order valence-corrected chi connectivity index (χ0v) is 19.2. The fourth-order valence-corrected chi connectivity index (χ4v) is 6.63. The Balaban J connectivity index is 2.07. The largest absolute Gasteiger partial charge is 0.438 e. The van der Waals surface area contributed by atoms with Crippen molar-refractivity contribution in [3.8, 4) is 11.8 Å². The molecule has 3 aromatic carbocycles. The lowest BCUT2D eigenvalue weighted by molar-refractivity contribution is 0.420. The first-order chi connectivity index (χ1) is 14.9. The van der Waals surface area contributed by atoms with Gasteiger partial charge >= 0.3 is 0 Å². The molecule has 0 saturated carbocycles. The molecule has 1 aliphatic rings. The van der Waals surface area contributed by atoms with Gasteiger partial charge in [-0.15, -0.1) is 0 Å². The van der Waals surface area contributed by atoms with Crippen LogP contribution in [0, 0.1) is 11.3 Å². The lowest BCUT2D eigenvalue weighted by Crippen LogP contribution is -2.28. The summed E-state index contributed by atoms with van der Waals surface area (Å²) in [6.07, 6.45) is 0. The molecule has 154 valence electrons. The van der Waals surface area contributed by atoms with Crippen LogP contribution in [0.4, 0.5) is 0 Å². The first-order valence-electron chi connectivity index (χ1n) is 9.23. The van der Waals surface area contributed by atoms with Gasteiger partial charge in [0.1, 0.15) is 30.3 Å². The van der Waals surface area contributed by atoms with E-state index >= 15 is 0 Å². The highest BCUT2D eigenvalue weighted by Crippen LogP contribution is 2.55. The summed E-state index contributed by atoms with van der Waals surface area (Å²) in [7, 11) is -2.87. The van der Waals surface area contributed by atoms with Crippen LogP contribution in [0.2, 0.25) is 0 Å². The van der Waals surface area contributed by atoms with Gasteiger partial charge in [-0.1, -0.05) is 114 Å². The maximum Gasteiger partial charge on any atom is 0.240 e. The monoisotopic (exact) mass is 485 g/mol. The third-order valence-corrected chi connectivity index (χ3v) is 8.04. The number of rotatable bonds is 4. The molecule has 0 bridgehead atoms. The molecule has 0 atom stereocenters. The van der Waals surface area contributed by atoms with Crippen molar-refractivity contribution in [2.75, 3.05) is 0 Å². The molecule has 0 amide bonds. The molecule has 0 N–H and O–H groups in total. The third-order valence-electron chi connectivity index (χ3n) is 4.50. The van der Waals surface area contributed by atoms with Crippen LogP contribution >= 0.6 is 42.0 Å². The summed E-state index contributed by atoms with van der Waals surface area (Å²) < 4.78 is 13.9. The molecule has 0 unspecified atom stereocenters. The molecule has 8 heteroatoms. The number of allylic oxidation sites excluding steroid dienone is 1. The fourth-order valence-electron chi connectivity index (χ4n) is 3.12.